The molecule has 0 saturated carbocycles. The Kier molecular flexibility index (Phi) is 5.61. The van der Waals surface area contributed by atoms with Crippen molar-refractivity contribution in [2.24, 2.45) is 0 Å². The monoisotopic (exact) mass is 327 g/mol. The van der Waals surface area contributed by atoms with Gasteiger partial charge in [-0.3, -0.25) is 10.2 Å². The largest absolute Gasteiger partial charge is 0.363 e. The molecule has 7 heteroatoms. The number of hydrogen-bond acceptors (Lipinski definition) is 3. The molecule has 0 bridgehead atoms. The number of nitrogens with two attached hydrogens (primary N) is 1. The van der Waals surface area contributed by atoms with Gasteiger partial charge in [0, 0.05) is 36.9 Å². The van der Waals surface area contributed by atoms with E-state index >= 15 is 0 Å². The standard InChI is InChI=1S/C14H16Cl2N4O/c15-10-2-1-3-11(8-10)19-14(21)13(16)12(9-17)20-6-4-18-5-7-20/h1-3,8-9,17-18H,4-7H2,(H,19,21)/p+1/b13-12-,17-9?. The first-order valence-electron chi connectivity index (χ1n) is 6.59. The van der Waals surface area contributed by atoms with E-state index in [0.717, 1.165) is 26.2 Å². The van der Waals surface area contributed by atoms with Gasteiger partial charge in [-0.15, -0.1) is 0 Å². The van der Waals surface area contributed by atoms with Crippen LogP contribution in [0.5, 0.6) is 0 Å². The molecule has 1 saturated heterocycles. The summed E-state index contributed by atoms with van der Waals surface area (Å²) in [6, 6.07) is 6.88. The van der Waals surface area contributed by atoms with E-state index in [2.05, 4.69) is 10.6 Å². The second-order valence-electron chi connectivity index (χ2n) is 4.57. The number of amides is 1. The molecule has 0 aromatic heterocycles. The second-order valence-corrected chi connectivity index (χ2v) is 5.38. The topological polar surface area (TPSA) is 70.0 Å². The number of hydrogen-bond donors (Lipinski definition) is 3. The number of anilines is 1. The smallest absolute Gasteiger partial charge is 0.269 e. The van der Waals surface area contributed by atoms with Crippen LogP contribution in [0, 0.1) is 0 Å². The maximum Gasteiger partial charge on any atom is 0.269 e. The first-order chi connectivity index (χ1) is 10.1. The van der Waals surface area contributed by atoms with Crippen LogP contribution in [0.2, 0.25) is 5.02 Å². The van der Waals surface area contributed by atoms with Crippen LogP contribution in [0.4, 0.5) is 5.69 Å². The zero-order valence-corrected chi connectivity index (χ0v) is 12.9. The zero-order valence-electron chi connectivity index (χ0n) is 11.4. The predicted octanol–water partition coefficient (Wildman–Crippen LogP) is 0.464. The fraction of sp³-hybridized carbons (Fsp3) is 0.286. The highest BCUT2D eigenvalue weighted by atomic mass is 35.5. The van der Waals surface area contributed by atoms with Crippen LogP contribution in [0.1, 0.15) is 0 Å². The van der Waals surface area contributed by atoms with E-state index in [-0.39, 0.29) is 5.03 Å². The van der Waals surface area contributed by atoms with Crippen molar-refractivity contribution in [1.82, 2.24) is 10.2 Å². The van der Waals surface area contributed by atoms with Crippen molar-refractivity contribution >= 4 is 41.0 Å². The molecule has 1 heterocycles. The molecule has 5 nitrogen and oxygen atoms in total. The highest BCUT2D eigenvalue weighted by Crippen LogP contribution is 2.18. The molecule has 0 radical (unpaired) electrons. The Morgan fingerprint density at radius 1 is 1.38 bits per heavy atom. The van der Waals surface area contributed by atoms with Gasteiger partial charge in [-0.1, -0.05) is 29.3 Å². The average molecular weight is 328 g/mol. The van der Waals surface area contributed by atoms with E-state index < -0.39 is 5.91 Å². The van der Waals surface area contributed by atoms with Crippen LogP contribution in [0.15, 0.2) is 35.0 Å². The lowest BCUT2D eigenvalue weighted by Gasteiger charge is -2.29. The second kappa shape index (κ2) is 7.45. The molecule has 1 aliphatic heterocycles. The van der Waals surface area contributed by atoms with Crippen molar-refractivity contribution in [2.75, 3.05) is 31.5 Å². The van der Waals surface area contributed by atoms with Gasteiger partial charge in [-0.25, -0.2) is 0 Å². The van der Waals surface area contributed by atoms with E-state index in [1.807, 2.05) is 4.90 Å². The first-order valence-corrected chi connectivity index (χ1v) is 7.34. The van der Waals surface area contributed by atoms with E-state index in [9.17, 15) is 4.79 Å². The Morgan fingerprint density at radius 2 is 2.10 bits per heavy atom. The van der Waals surface area contributed by atoms with Gasteiger partial charge < -0.3 is 15.5 Å². The molecule has 2 rings (SSSR count). The lowest BCUT2D eigenvalue weighted by Crippen LogP contribution is -2.46. The third kappa shape index (κ3) is 4.20. The Morgan fingerprint density at radius 3 is 2.71 bits per heavy atom. The minimum atomic E-state index is -0.408. The molecule has 0 atom stereocenters. The molecule has 112 valence electrons. The van der Waals surface area contributed by atoms with Crippen molar-refractivity contribution in [3.8, 4) is 0 Å². The van der Waals surface area contributed by atoms with Crippen molar-refractivity contribution in [3.05, 3.63) is 40.0 Å². The van der Waals surface area contributed by atoms with Crippen LogP contribution in [-0.4, -0.2) is 43.2 Å². The van der Waals surface area contributed by atoms with Gasteiger partial charge in [0.25, 0.3) is 5.91 Å². The number of benzene rings is 1. The lowest BCUT2D eigenvalue weighted by molar-refractivity contribution is -0.113. The van der Waals surface area contributed by atoms with Gasteiger partial charge in [0.2, 0.25) is 0 Å². The highest BCUT2D eigenvalue weighted by molar-refractivity contribution is 6.45. The molecule has 0 aliphatic carbocycles. The van der Waals surface area contributed by atoms with Crippen LogP contribution in [-0.2, 0) is 4.79 Å². The van der Waals surface area contributed by atoms with Crippen molar-refractivity contribution < 1.29 is 10.2 Å². The average Bonchev–Trinajstić information content (AvgIpc) is 2.49. The Bertz CT molecular complexity index is 568. The molecular formula is C14H17Cl2N4O+. The maximum absolute atomic E-state index is 12.2. The summed E-state index contributed by atoms with van der Waals surface area (Å²) in [7, 11) is 0. The SMILES string of the molecule is [NH2+]=C/C(=C(/Cl)C(=O)Nc1cccc(Cl)c1)N1CCNCC1. The fourth-order valence-corrected chi connectivity index (χ4v) is 2.51. The van der Waals surface area contributed by atoms with Crippen LogP contribution >= 0.6 is 23.2 Å². The van der Waals surface area contributed by atoms with Crippen LogP contribution in [0.3, 0.4) is 0 Å². The predicted molar refractivity (Wildman–Crippen MR) is 85.4 cm³/mol. The first kappa shape index (κ1) is 15.8. The van der Waals surface area contributed by atoms with Gasteiger partial charge in [-0.05, 0) is 18.2 Å². The lowest BCUT2D eigenvalue weighted by atomic mass is 10.2. The summed E-state index contributed by atoms with van der Waals surface area (Å²) in [5, 5.41) is 12.2. The van der Waals surface area contributed by atoms with Gasteiger partial charge in [0.15, 0.2) is 6.21 Å². The minimum absolute atomic E-state index is 0.0689. The van der Waals surface area contributed by atoms with E-state index in [4.69, 9.17) is 28.6 Å². The van der Waals surface area contributed by atoms with Crippen LogP contribution < -0.4 is 16.0 Å². The Labute approximate surface area is 133 Å². The fourth-order valence-electron chi connectivity index (χ4n) is 2.09. The van der Waals surface area contributed by atoms with Gasteiger partial charge in [-0.2, -0.15) is 0 Å². The molecule has 1 aromatic rings. The van der Waals surface area contributed by atoms with Crippen molar-refractivity contribution in [2.45, 2.75) is 0 Å². The summed E-state index contributed by atoms with van der Waals surface area (Å²) in [5.74, 6) is -0.408. The molecule has 1 aromatic carbocycles. The van der Waals surface area contributed by atoms with Crippen molar-refractivity contribution in [3.63, 3.8) is 0 Å². The van der Waals surface area contributed by atoms with Crippen LogP contribution in [0.25, 0.3) is 0 Å². The molecule has 0 spiro atoms. The molecule has 1 fully saturated rings. The molecule has 4 N–H and O–H groups in total. The van der Waals surface area contributed by atoms with Crippen molar-refractivity contribution in [1.29, 1.82) is 0 Å². The van der Waals surface area contributed by atoms with E-state index in [0.29, 0.717) is 16.4 Å². The molecule has 21 heavy (non-hydrogen) atoms. The normalized spacial score (nSPS) is 16.2. The number of rotatable bonds is 4. The number of allylic oxidation sites excluding steroid dienone is 1. The van der Waals surface area contributed by atoms with Gasteiger partial charge >= 0.3 is 0 Å². The third-order valence-electron chi connectivity index (χ3n) is 3.12. The van der Waals surface area contributed by atoms with Gasteiger partial charge in [0.05, 0.1) is 0 Å². The summed E-state index contributed by atoms with van der Waals surface area (Å²) in [6.45, 7) is 3.17. The third-order valence-corrected chi connectivity index (χ3v) is 3.72. The molecular weight excluding hydrogens is 311 g/mol. The van der Waals surface area contributed by atoms with E-state index in [1.165, 1.54) is 6.21 Å². The summed E-state index contributed by atoms with van der Waals surface area (Å²) >= 11 is 12.1. The summed E-state index contributed by atoms with van der Waals surface area (Å²) < 4.78 is 0. The molecule has 1 aliphatic rings. The zero-order chi connectivity index (χ0) is 15.2. The quantitative estimate of drug-likeness (QED) is 0.556. The molecule has 1 amide bonds. The highest BCUT2D eigenvalue weighted by Gasteiger charge is 2.21. The number of nitrogens with one attached hydrogen (secondary N) is 2. The molecule has 0 unspecified atom stereocenters. The van der Waals surface area contributed by atoms with Gasteiger partial charge in [0.1, 0.15) is 10.7 Å². The number of piperazine rings is 1. The number of carbonyl (C=O) groups is 1. The Balaban J connectivity index is 2.15. The maximum atomic E-state index is 12.2. The Hall–Kier alpha value is -1.56. The van der Waals surface area contributed by atoms with E-state index in [1.54, 1.807) is 24.3 Å². The summed E-state index contributed by atoms with van der Waals surface area (Å²) in [4.78, 5) is 14.2. The number of carbonyl (C=O) groups excluding carboxylic acids is 1. The summed E-state index contributed by atoms with van der Waals surface area (Å²) in [6.07, 6.45) is 1.37. The number of nitrogens with zero attached hydrogens (tertiary/aromatic N) is 1. The summed E-state index contributed by atoms with van der Waals surface area (Å²) in [5.41, 5.74) is 1.13. The minimum Gasteiger partial charge on any atom is -0.363 e. The number of halogens is 2.